The zero-order valence-electron chi connectivity index (χ0n) is 17.6. The molecule has 0 aliphatic heterocycles. The molecule has 0 radical (unpaired) electrons. The predicted molar refractivity (Wildman–Crippen MR) is 133 cm³/mol. The molecule has 0 fully saturated rings. The van der Waals surface area contributed by atoms with E-state index in [9.17, 15) is 4.79 Å². The molecule has 0 atom stereocenters. The van der Waals surface area contributed by atoms with Gasteiger partial charge in [-0.3, -0.25) is 9.36 Å². The molecule has 2 heterocycles. The first-order chi connectivity index (χ1) is 16.1. The van der Waals surface area contributed by atoms with Gasteiger partial charge in [0.15, 0.2) is 5.16 Å². The van der Waals surface area contributed by atoms with Crippen LogP contribution in [0.5, 0.6) is 5.75 Å². The Morgan fingerprint density at radius 2 is 1.79 bits per heavy atom. The Labute approximate surface area is 202 Å². The van der Waals surface area contributed by atoms with Crippen LogP contribution in [0.4, 0.5) is 0 Å². The van der Waals surface area contributed by atoms with Crippen LogP contribution in [0.1, 0.15) is 5.76 Å². The average Bonchev–Trinajstić information content (AvgIpc) is 3.33. The van der Waals surface area contributed by atoms with Crippen LogP contribution in [-0.2, 0) is 5.75 Å². The third kappa shape index (κ3) is 4.44. The number of fused-ring (bicyclic) bond motifs is 1. The fourth-order valence-corrected chi connectivity index (χ4v) is 4.59. The second kappa shape index (κ2) is 9.25. The lowest BCUT2D eigenvalue weighted by molar-refractivity contribution is 0.397. The number of methoxy groups -OCH3 is 1. The third-order valence-electron chi connectivity index (χ3n) is 5.12. The SMILES string of the molecule is COc1ccc(-c2cc(CSc3nc4ccccc4c(=O)n3-c3ccc(Br)cc3)on2)cc1. The van der Waals surface area contributed by atoms with Gasteiger partial charge >= 0.3 is 0 Å². The molecule has 0 bridgehead atoms. The highest BCUT2D eigenvalue weighted by Crippen LogP contribution is 2.28. The second-order valence-corrected chi connectivity index (χ2v) is 9.08. The number of ether oxygens (including phenoxy) is 1. The van der Waals surface area contributed by atoms with Gasteiger partial charge in [-0.2, -0.15) is 0 Å². The molecular formula is C25H18BrN3O3S. The molecule has 33 heavy (non-hydrogen) atoms. The number of para-hydroxylation sites is 1. The maximum absolute atomic E-state index is 13.3. The molecular weight excluding hydrogens is 502 g/mol. The van der Waals surface area contributed by atoms with Crippen molar-refractivity contribution in [2.75, 3.05) is 7.11 Å². The first kappa shape index (κ1) is 21.5. The van der Waals surface area contributed by atoms with Gasteiger partial charge in [-0.1, -0.05) is 45.0 Å². The normalized spacial score (nSPS) is 11.1. The highest BCUT2D eigenvalue weighted by atomic mass is 79.9. The van der Waals surface area contributed by atoms with Crippen molar-refractivity contribution in [2.24, 2.45) is 0 Å². The standard InChI is InChI=1S/C25H18BrN3O3S/c1-31-19-12-6-16(7-13-19)23-14-20(32-28-23)15-33-25-27-22-5-3-2-4-21(22)24(30)29(25)18-10-8-17(26)9-11-18/h2-14H,15H2,1H3. The summed E-state index contributed by atoms with van der Waals surface area (Å²) < 4.78 is 13.3. The fraction of sp³-hybridized carbons (Fsp3) is 0.0800. The van der Waals surface area contributed by atoms with Gasteiger partial charge in [0.05, 0.1) is 29.5 Å². The Bertz CT molecular complexity index is 1480. The van der Waals surface area contributed by atoms with Crippen LogP contribution in [0.2, 0.25) is 0 Å². The Balaban J connectivity index is 1.47. The van der Waals surface area contributed by atoms with E-state index in [4.69, 9.17) is 14.2 Å². The zero-order chi connectivity index (χ0) is 22.8. The lowest BCUT2D eigenvalue weighted by Gasteiger charge is -2.12. The minimum Gasteiger partial charge on any atom is -0.497 e. The molecule has 0 spiro atoms. The first-order valence-electron chi connectivity index (χ1n) is 10.1. The van der Waals surface area contributed by atoms with E-state index in [1.54, 1.807) is 17.7 Å². The summed E-state index contributed by atoms with van der Waals surface area (Å²) in [6, 6.07) is 24.5. The van der Waals surface area contributed by atoms with E-state index < -0.39 is 0 Å². The van der Waals surface area contributed by atoms with E-state index in [0.29, 0.717) is 27.6 Å². The van der Waals surface area contributed by atoms with Crippen molar-refractivity contribution < 1.29 is 9.26 Å². The van der Waals surface area contributed by atoms with E-state index in [0.717, 1.165) is 27.2 Å². The van der Waals surface area contributed by atoms with Gasteiger partial charge < -0.3 is 9.26 Å². The number of rotatable bonds is 6. The average molecular weight is 520 g/mol. The van der Waals surface area contributed by atoms with Crippen molar-refractivity contribution in [2.45, 2.75) is 10.9 Å². The minimum atomic E-state index is -0.109. The summed E-state index contributed by atoms with van der Waals surface area (Å²) in [7, 11) is 1.63. The molecule has 3 aromatic carbocycles. The largest absolute Gasteiger partial charge is 0.497 e. The van der Waals surface area contributed by atoms with Crippen LogP contribution < -0.4 is 10.3 Å². The maximum Gasteiger partial charge on any atom is 0.266 e. The number of halogens is 1. The van der Waals surface area contributed by atoms with Gasteiger partial charge in [0.25, 0.3) is 5.56 Å². The number of nitrogens with zero attached hydrogens (tertiary/aromatic N) is 3. The van der Waals surface area contributed by atoms with Crippen molar-refractivity contribution >= 4 is 38.6 Å². The number of aromatic nitrogens is 3. The van der Waals surface area contributed by atoms with Crippen LogP contribution in [0.25, 0.3) is 27.8 Å². The van der Waals surface area contributed by atoms with Gasteiger partial charge in [0.1, 0.15) is 17.2 Å². The van der Waals surface area contributed by atoms with Gasteiger partial charge in [-0.05, 0) is 60.7 Å². The number of hydrogen-bond acceptors (Lipinski definition) is 6. The van der Waals surface area contributed by atoms with Crippen molar-refractivity contribution in [1.29, 1.82) is 0 Å². The number of benzene rings is 3. The van der Waals surface area contributed by atoms with Crippen LogP contribution in [-0.4, -0.2) is 21.8 Å². The van der Waals surface area contributed by atoms with Gasteiger partial charge in [0.2, 0.25) is 0 Å². The zero-order valence-corrected chi connectivity index (χ0v) is 20.0. The van der Waals surface area contributed by atoms with Gasteiger partial charge in [-0.15, -0.1) is 0 Å². The molecule has 0 unspecified atom stereocenters. The molecule has 0 saturated carbocycles. The monoisotopic (exact) mass is 519 g/mol. The van der Waals surface area contributed by atoms with E-state index in [1.807, 2.05) is 72.8 Å². The smallest absolute Gasteiger partial charge is 0.266 e. The molecule has 0 aliphatic carbocycles. The van der Waals surface area contributed by atoms with Crippen molar-refractivity contribution in [3.05, 3.63) is 99.4 Å². The topological polar surface area (TPSA) is 70.2 Å². The van der Waals surface area contributed by atoms with E-state index in [2.05, 4.69) is 21.1 Å². The highest BCUT2D eigenvalue weighted by molar-refractivity contribution is 9.10. The Morgan fingerprint density at radius 3 is 2.55 bits per heavy atom. The molecule has 0 saturated heterocycles. The van der Waals surface area contributed by atoms with E-state index >= 15 is 0 Å². The van der Waals surface area contributed by atoms with Crippen LogP contribution in [0.15, 0.2) is 97.8 Å². The quantitative estimate of drug-likeness (QED) is 0.199. The van der Waals surface area contributed by atoms with E-state index in [1.165, 1.54) is 11.8 Å². The molecule has 0 aliphatic rings. The van der Waals surface area contributed by atoms with Crippen molar-refractivity contribution in [3.63, 3.8) is 0 Å². The highest BCUT2D eigenvalue weighted by Gasteiger charge is 2.15. The minimum absolute atomic E-state index is 0.109. The summed E-state index contributed by atoms with van der Waals surface area (Å²) in [5.74, 6) is 1.95. The summed E-state index contributed by atoms with van der Waals surface area (Å²) in [4.78, 5) is 18.1. The number of thioether (sulfide) groups is 1. The molecule has 2 aromatic heterocycles. The van der Waals surface area contributed by atoms with Crippen molar-refractivity contribution in [1.82, 2.24) is 14.7 Å². The molecule has 0 amide bonds. The summed E-state index contributed by atoms with van der Waals surface area (Å²) >= 11 is 4.88. The van der Waals surface area contributed by atoms with Crippen molar-refractivity contribution in [3.8, 4) is 22.7 Å². The van der Waals surface area contributed by atoms with E-state index in [-0.39, 0.29) is 5.56 Å². The predicted octanol–water partition coefficient (Wildman–Crippen LogP) is 6.10. The summed E-state index contributed by atoms with van der Waals surface area (Å²) in [6.45, 7) is 0. The summed E-state index contributed by atoms with van der Waals surface area (Å²) in [5.41, 5.74) is 2.98. The summed E-state index contributed by atoms with van der Waals surface area (Å²) in [6.07, 6.45) is 0. The number of hydrogen-bond donors (Lipinski definition) is 0. The fourth-order valence-electron chi connectivity index (χ4n) is 3.44. The van der Waals surface area contributed by atoms with Crippen LogP contribution in [0.3, 0.4) is 0 Å². The summed E-state index contributed by atoms with van der Waals surface area (Å²) in [5, 5.41) is 5.35. The second-order valence-electron chi connectivity index (χ2n) is 7.22. The lowest BCUT2D eigenvalue weighted by atomic mass is 10.1. The molecule has 6 nitrogen and oxygen atoms in total. The molecule has 5 aromatic rings. The third-order valence-corrected chi connectivity index (χ3v) is 6.61. The van der Waals surface area contributed by atoms with Crippen LogP contribution in [0, 0.1) is 0 Å². The Kier molecular flexibility index (Phi) is 6.02. The Hall–Kier alpha value is -3.36. The molecule has 5 rings (SSSR count). The Morgan fingerprint density at radius 1 is 1.03 bits per heavy atom. The van der Waals surface area contributed by atoms with Crippen LogP contribution >= 0.6 is 27.7 Å². The first-order valence-corrected chi connectivity index (χ1v) is 11.9. The van der Waals surface area contributed by atoms with Gasteiger partial charge in [-0.25, -0.2) is 4.98 Å². The lowest BCUT2D eigenvalue weighted by Crippen LogP contribution is -2.21. The van der Waals surface area contributed by atoms with Gasteiger partial charge in [0, 0.05) is 16.1 Å². The molecule has 164 valence electrons. The maximum atomic E-state index is 13.3. The molecule has 0 N–H and O–H groups in total. The molecule has 8 heteroatoms.